The first kappa shape index (κ1) is 17.9. The first-order valence-electron chi connectivity index (χ1n) is 9.29. The molecule has 1 saturated carbocycles. The predicted octanol–water partition coefficient (Wildman–Crippen LogP) is 1.22. The lowest BCUT2D eigenvalue weighted by molar-refractivity contribution is -0.136. The van der Waals surface area contributed by atoms with Gasteiger partial charge in [-0.15, -0.1) is 0 Å². The van der Waals surface area contributed by atoms with E-state index in [0.717, 1.165) is 18.4 Å². The number of ether oxygens (including phenoxy) is 2. The van der Waals surface area contributed by atoms with Crippen LogP contribution in [-0.2, 0) is 27.4 Å². The van der Waals surface area contributed by atoms with E-state index in [-0.39, 0.29) is 36.3 Å². The lowest BCUT2D eigenvalue weighted by Crippen LogP contribution is -2.48. The lowest BCUT2D eigenvalue weighted by Gasteiger charge is -2.31. The molecule has 1 aliphatic carbocycles. The summed E-state index contributed by atoms with van der Waals surface area (Å²) in [7, 11) is 0. The van der Waals surface area contributed by atoms with Crippen molar-refractivity contribution in [2.24, 2.45) is 0 Å². The lowest BCUT2D eigenvalue weighted by atomic mass is 10.1. The summed E-state index contributed by atoms with van der Waals surface area (Å²) in [6.45, 7) is 1.52. The third-order valence-electron chi connectivity index (χ3n) is 5.27. The topological polar surface area (TPSA) is 73.7 Å². The molecule has 0 N–H and O–H groups in total. The molecule has 27 heavy (non-hydrogen) atoms. The van der Waals surface area contributed by atoms with E-state index in [4.69, 9.17) is 9.47 Å². The third kappa shape index (κ3) is 3.94. The van der Waals surface area contributed by atoms with Gasteiger partial charge in [0.15, 0.2) is 0 Å². The van der Waals surface area contributed by atoms with Gasteiger partial charge >= 0.3 is 0 Å². The first-order chi connectivity index (χ1) is 13.2. The maximum atomic E-state index is 12.9. The number of aromatic nitrogens is 2. The van der Waals surface area contributed by atoms with Crippen molar-refractivity contribution in [3.8, 4) is 0 Å². The second-order valence-electron chi connectivity index (χ2n) is 6.94. The van der Waals surface area contributed by atoms with Crippen LogP contribution in [0.15, 0.2) is 53.7 Å². The number of hydrogen-bond acceptors (Lipinski definition) is 5. The van der Waals surface area contributed by atoms with Crippen molar-refractivity contribution in [1.82, 2.24) is 14.5 Å². The highest BCUT2D eigenvalue weighted by Gasteiger charge is 2.44. The highest BCUT2D eigenvalue weighted by molar-refractivity contribution is 5.76. The Bertz CT molecular complexity index is 838. The summed E-state index contributed by atoms with van der Waals surface area (Å²) in [6, 6.07) is 8.71. The minimum Gasteiger partial charge on any atom is -0.374 e. The number of amides is 1. The van der Waals surface area contributed by atoms with Crippen molar-refractivity contribution in [2.45, 2.75) is 44.2 Å². The molecule has 2 aromatic rings. The Morgan fingerprint density at radius 1 is 1.22 bits per heavy atom. The van der Waals surface area contributed by atoms with Crippen molar-refractivity contribution in [2.75, 3.05) is 13.2 Å². The van der Waals surface area contributed by atoms with Crippen LogP contribution in [0.3, 0.4) is 0 Å². The summed E-state index contributed by atoms with van der Waals surface area (Å²) >= 11 is 0. The first-order valence-corrected chi connectivity index (χ1v) is 9.29. The van der Waals surface area contributed by atoms with Crippen molar-refractivity contribution in [1.29, 1.82) is 0 Å². The monoisotopic (exact) mass is 369 g/mol. The van der Waals surface area contributed by atoms with Gasteiger partial charge in [-0.25, -0.2) is 0 Å². The number of hydrogen-bond donors (Lipinski definition) is 0. The summed E-state index contributed by atoms with van der Waals surface area (Å²) in [6.07, 6.45) is 6.70. The molecule has 2 fully saturated rings. The van der Waals surface area contributed by atoms with E-state index in [2.05, 4.69) is 4.98 Å². The van der Waals surface area contributed by atoms with E-state index in [1.165, 1.54) is 10.6 Å². The van der Waals surface area contributed by atoms with Crippen LogP contribution in [0.5, 0.6) is 0 Å². The molecule has 1 amide bonds. The van der Waals surface area contributed by atoms with Crippen LogP contribution >= 0.6 is 0 Å². The predicted molar refractivity (Wildman–Crippen MR) is 98.0 cm³/mol. The van der Waals surface area contributed by atoms with Crippen LogP contribution in [0.25, 0.3) is 0 Å². The van der Waals surface area contributed by atoms with Crippen molar-refractivity contribution >= 4 is 5.91 Å². The molecule has 2 aromatic heterocycles. The average Bonchev–Trinajstić information content (AvgIpc) is 2.97. The van der Waals surface area contributed by atoms with Gasteiger partial charge in [-0.3, -0.25) is 14.6 Å². The molecule has 3 heterocycles. The number of pyridine rings is 2. The Balaban J connectivity index is 1.47. The van der Waals surface area contributed by atoms with E-state index < -0.39 is 0 Å². The molecule has 0 spiro atoms. The summed E-state index contributed by atoms with van der Waals surface area (Å²) in [4.78, 5) is 30.7. The van der Waals surface area contributed by atoms with Crippen LogP contribution in [0.4, 0.5) is 0 Å². The Morgan fingerprint density at radius 2 is 2.07 bits per heavy atom. The van der Waals surface area contributed by atoms with E-state index in [1.54, 1.807) is 30.7 Å². The highest BCUT2D eigenvalue weighted by Crippen LogP contribution is 2.32. The Kier molecular flexibility index (Phi) is 5.31. The van der Waals surface area contributed by atoms with Gasteiger partial charge in [0.25, 0.3) is 5.56 Å². The van der Waals surface area contributed by atoms with E-state index >= 15 is 0 Å². The quantitative estimate of drug-likeness (QED) is 0.792. The summed E-state index contributed by atoms with van der Waals surface area (Å²) < 4.78 is 13.6. The summed E-state index contributed by atoms with van der Waals surface area (Å²) in [5, 5.41) is 0. The molecule has 1 aliphatic heterocycles. The van der Waals surface area contributed by atoms with Crippen molar-refractivity contribution in [3.63, 3.8) is 0 Å². The zero-order valence-electron chi connectivity index (χ0n) is 15.1. The molecule has 2 aliphatic rings. The van der Waals surface area contributed by atoms with Crippen LogP contribution in [0.2, 0.25) is 0 Å². The van der Waals surface area contributed by atoms with Gasteiger partial charge in [0.05, 0.1) is 25.4 Å². The zero-order chi connectivity index (χ0) is 18.6. The van der Waals surface area contributed by atoms with Crippen molar-refractivity contribution in [3.05, 3.63) is 64.8 Å². The Hall–Kier alpha value is -2.51. The van der Waals surface area contributed by atoms with Crippen molar-refractivity contribution < 1.29 is 14.3 Å². The summed E-state index contributed by atoms with van der Waals surface area (Å²) in [5.41, 5.74) is 0.870. The van der Waals surface area contributed by atoms with Gasteiger partial charge in [-0.1, -0.05) is 6.07 Å². The smallest absolute Gasteiger partial charge is 0.250 e. The fraction of sp³-hybridized carbons (Fsp3) is 0.450. The molecule has 7 nitrogen and oxygen atoms in total. The maximum absolute atomic E-state index is 12.9. The maximum Gasteiger partial charge on any atom is 0.250 e. The van der Waals surface area contributed by atoms with Crippen LogP contribution in [-0.4, -0.2) is 51.8 Å². The third-order valence-corrected chi connectivity index (χ3v) is 5.27. The highest BCUT2D eigenvalue weighted by atomic mass is 16.5. The number of carbonyl (C=O) groups excluding carboxylic acids is 1. The SMILES string of the molecule is O=C(Cn1ccccc1=O)N1CCOC2CCC1C2OCc1ccncc1. The number of nitrogens with zero attached hydrogens (tertiary/aromatic N) is 3. The van der Waals surface area contributed by atoms with E-state index in [0.29, 0.717) is 19.8 Å². The van der Waals surface area contributed by atoms with E-state index in [9.17, 15) is 9.59 Å². The molecule has 7 heteroatoms. The Morgan fingerprint density at radius 3 is 2.89 bits per heavy atom. The fourth-order valence-electron chi connectivity index (χ4n) is 3.92. The minimum atomic E-state index is -0.174. The molecule has 0 aromatic carbocycles. The van der Waals surface area contributed by atoms with Gasteiger partial charge in [-0.05, 0) is 36.6 Å². The molecule has 3 unspecified atom stereocenters. The molecule has 2 bridgehead atoms. The molecule has 142 valence electrons. The molecule has 3 atom stereocenters. The molecular formula is C20H23N3O4. The van der Waals surface area contributed by atoms with E-state index in [1.807, 2.05) is 17.0 Å². The largest absolute Gasteiger partial charge is 0.374 e. The van der Waals surface area contributed by atoms with Crippen LogP contribution in [0.1, 0.15) is 18.4 Å². The average molecular weight is 369 g/mol. The van der Waals surface area contributed by atoms with Gasteiger partial charge < -0.3 is 18.9 Å². The molecule has 0 radical (unpaired) electrons. The standard InChI is InChI=1S/C20H23N3O4/c24-18-3-1-2-10-22(18)13-19(25)23-11-12-26-17-5-4-16(23)20(17)27-14-15-6-8-21-9-7-15/h1-3,6-10,16-17,20H,4-5,11-14H2. The van der Waals surface area contributed by atoms with Crippen LogP contribution in [0, 0.1) is 0 Å². The van der Waals surface area contributed by atoms with Gasteiger partial charge in [0, 0.05) is 31.2 Å². The van der Waals surface area contributed by atoms with Gasteiger partial charge in [-0.2, -0.15) is 0 Å². The Labute approximate surface area is 157 Å². The number of fused-ring (bicyclic) bond motifs is 2. The molecule has 1 saturated heterocycles. The fourth-order valence-corrected chi connectivity index (χ4v) is 3.92. The molecular weight excluding hydrogens is 346 g/mol. The molecule has 4 rings (SSSR count). The van der Waals surface area contributed by atoms with Crippen LogP contribution < -0.4 is 5.56 Å². The van der Waals surface area contributed by atoms with Gasteiger partial charge in [0.1, 0.15) is 12.6 Å². The second kappa shape index (κ2) is 8.02. The summed E-state index contributed by atoms with van der Waals surface area (Å²) in [5.74, 6) is -0.0723. The number of carbonyl (C=O) groups is 1. The normalized spacial score (nSPS) is 24.6. The number of rotatable bonds is 5. The minimum absolute atomic E-state index is 0.00841. The zero-order valence-corrected chi connectivity index (χ0v) is 15.1. The van der Waals surface area contributed by atoms with Gasteiger partial charge in [0.2, 0.25) is 5.91 Å². The second-order valence-corrected chi connectivity index (χ2v) is 6.94.